The normalized spacial score (nSPS) is 17.9. The maximum atomic E-state index is 13.6. The van der Waals surface area contributed by atoms with Gasteiger partial charge in [-0.3, -0.25) is 0 Å². The first-order chi connectivity index (χ1) is 9.67. The van der Waals surface area contributed by atoms with Gasteiger partial charge in [0.1, 0.15) is 11.6 Å². The Balaban J connectivity index is 1.92. The first-order valence-electron chi connectivity index (χ1n) is 7.43. The lowest BCUT2D eigenvalue weighted by atomic mass is 10.0. The van der Waals surface area contributed by atoms with E-state index in [4.69, 9.17) is 15.2 Å². The van der Waals surface area contributed by atoms with Gasteiger partial charge in [-0.1, -0.05) is 6.92 Å². The van der Waals surface area contributed by atoms with Crippen molar-refractivity contribution in [3.8, 4) is 5.75 Å². The van der Waals surface area contributed by atoms with E-state index in [1.165, 1.54) is 12.1 Å². The van der Waals surface area contributed by atoms with E-state index in [9.17, 15) is 4.39 Å². The minimum Gasteiger partial charge on any atom is -0.493 e. The summed E-state index contributed by atoms with van der Waals surface area (Å²) in [6, 6.07) is 4.95. The second-order valence-electron chi connectivity index (χ2n) is 5.53. The number of ether oxygens (including phenoxy) is 2. The summed E-state index contributed by atoms with van der Waals surface area (Å²) in [6.07, 6.45) is 3.60. The standard InChI is InChI=1S/C16H24FNO2/c1-2-15(18)8-13-7-14(17)10-16(9-13)20-11-12-3-5-19-6-4-12/h7,9-10,12,15H,2-6,8,11,18H2,1H3. The number of rotatable bonds is 6. The predicted octanol–water partition coefficient (Wildman–Crippen LogP) is 2.91. The molecule has 1 aliphatic heterocycles. The molecule has 0 aromatic heterocycles. The van der Waals surface area contributed by atoms with Gasteiger partial charge in [-0.05, 0) is 49.3 Å². The van der Waals surface area contributed by atoms with Gasteiger partial charge in [-0.25, -0.2) is 4.39 Å². The minimum atomic E-state index is -0.257. The Hall–Kier alpha value is -1.13. The maximum Gasteiger partial charge on any atom is 0.127 e. The number of hydrogen-bond donors (Lipinski definition) is 1. The van der Waals surface area contributed by atoms with Gasteiger partial charge in [-0.15, -0.1) is 0 Å². The van der Waals surface area contributed by atoms with Gasteiger partial charge in [0, 0.05) is 25.3 Å². The van der Waals surface area contributed by atoms with Crippen LogP contribution in [0.3, 0.4) is 0 Å². The fourth-order valence-electron chi connectivity index (χ4n) is 2.40. The molecule has 1 aliphatic rings. The zero-order valence-electron chi connectivity index (χ0n) is 12.1. The maximum absolute atomic E-state index is 13.6. The fourth-order valence-corrected chi connectivity index (χ4v) is 2.40. The molecule has 1 atom stereocenters. The Morgan fingerprint density at radius 2 is 2.10 bits per heavy atom. The molecule has 1 heterocycles. The summed E-state index contributed by atoms with van der Waals surface area (Å²) in [7, 11) is 0. The highest BCUT2D eigenvalue weighted by Crippen LogP contribution is 2.21. The van der Waals surface area contributed by atoms with Crippen LogP contribution in [0.5, 0.6) is 5.75 Å². The van der Waals surface area contributed by atoms with Crippen molar-refractivity contribution in [1.29, 1.82) is 0 Å². The lowest BCUT2D eigenvalue weighted by Gasteiger charge is -2.22. The predicted molar refractivity (Wildman–Crippen MR) is 77.4 cm³/mol. The summed E-state index contributed by atoms with van der Waals surface area (Å²) in [5, 5.41) is 0. The summed E-state index contributed by atoms with van der Waals surface area (Å²) < 4.78 is 24.7. The van der Waals surface area contributed by atoms with E-state index in [-0.39, 0.29) is 11.9 Å². The molecule has 20 heavy (non-hydrogen) atoms. The quantitative estimate of drug-likeness (QED) is 0.872. The molecule has 1 saturated heterocycles. The summed E-state index contributed by atoms with van der Waals surface area (Å²) in [6.45, 7) is 4.26. The van der Waals surface area contributed by atoms with Crippen LogP contribution in [0.2, 0.25) is 0 Å². The zero-order chi connectivity index (χ0) is 14.4. The van der Waals surface area contributed by atoms with E-state index >= 15 is 0 Å². The van der Waals surface area contributed by atoms with Crippen LogP contribution in [0.4, 0.5) is 4.39 Å². The van der Waals surface area contributed by atoms with Crippen LogP contribution in [0.25, 0.3) is 0 Å². The molecule has 1 fully saturated rings. The molecular formula is C16H24FNO2. The third-order valence-electron chi connectivity index (χ3n) is 3.78. The van der Waals surface area contributed by atoms with Crippen LogP contribution in [-0.4, -0.2) is 25.9 Å². The van der Waals surface area contributed by atoms with Crippen molar-refractivity contribution < 1.29 is 13.9 Å². The van der Waals surface area contributed by atoms with Crippen molar-refractivity contribution in [3.05, 3.63) is 29.6 Å². The molecule has 1 unspecified atom stereocenters. The second-order valence-corrected chi connectivity index (χ2v) is 5.53. The van der Waals surface area contributed by atoms with Gasteiger partial charge in [0.15, 0.2) is 0 Å². The monoisotopic (exact) mass is 281 g/mol. The van der Waals surface area contributed by atoms with Gasteiger partial charge in [0.25, 0.3) is 0 Å². The zero-order valence-corrected chi connectivity index (χ0v) is 12.1. The molecule has 0 amide bonds. The van der Waals surface area contributed by atoms with E-state index in [1.807, 2.05) is 13.0 Å². The number of benzene rings is 1. The SMILES string of the molecule is CCC(N)Cc1cc(F)cc(OCC2CCOCC2)c1. The van der Waals surface area contributed by atoms with Crippen LogP contribution in [0, 0.1) is 11.7 Å². The molecule has 2 N–H and O–H groups in total. The molecule has 3 nitrogen and oxygen atoms in total. The second kappa shape index (κ2) is 7.60. The number of nitrogens with two attached hydrogens (primary N) is 1. The molecule has 0 bridgehead atoms. The summed E-state index contributed by atoms with van der Waals surface area (Å²) in [5.41, 5.74) is 6.82. The Morgan fingerprint density at radius 3 is 2.80 bits per heavy atom. The van der Waals surface area contributed by atoms with E-state index < -0.39 is 0 Å². The molecular weight excluding hydrogens is 257 g/mol. The summed E-state index contributed by atoms with van der Waals surface area (Å²) in [5.74, 6) is 0.857. The van der Waals surface area contributed by atoms with Crippen LogP contribution in [0.15, 0.2) is 18.2 Å². The first kappa shape index (κ1) is 15.3. The highest BCUT2D eigenvalue weighted by atomic mass is 19.1. The van der Waals surface area contributed by atoms with Crippen LogP contribution in [0.1, 0.15) is 31.7 Å². The molecule has 0 radical (unpaired) electrons. The van der Waals surface area contributed by atoms with Crippen molar-refractivity contribution in [3.63, 3.8) is 0 Å². The molecule has 0 aliphatic carbocycles. The minimum absolute atomic E-state index is 0.0696. The molecule has 112 valence electrons. The van der Waals surface area contributed by atoms with Crippen molar-refractivity contribution in [2.24, 2.45) is 11.7 Å². The van der Waals surface area contributed by atoms with Crippen molar-refractivity contribution >= 4 is 0 Å². The van der Waals surface area contributed by atoms with E-state index in [1.54, 1.807) is 0 Å². The van der Waals surface area contributed by atoms with Gasteiger partial charge in [-0.2, -0.15) is 0 Å². The van der Waals surface area contributed by atoms with Crippen molar-refractivity contribution in [1.82, 2.24) is 0 Å². The Kier molecular flexibility index (Phi) is 5.80. The van der Waals surface area contributed by atoms with Crippen molar-refractivity contribution in [2.75, 3.05) is 19.8 Å². The van der Waals surface area contributed by atoms with Crippen molar-refractivity contribution in [2.45, 2.75) is 38.6 Å². The average Bonchev–Trinajstić information content (AvgIpc) is 2.45. The van der Waals surface area contributed by atoms with E-state index in [2.05, 4.69) is 0 Å². The highest BCUT2D eigenvalue weighted by Gasteiger charge is 2.15. The summed E-state index contributed by atoms with van der Waals surface area (Å²) >= 11 is 0. The van der Waals surface area contributed by atoms with E-state index in [0.717, 1.165) is 38.0 Å². The number of hydrogen-bond acceptors (Lipinski definition) is 3. The first-order valence-corrected chi connectivity index (χ1v) is 7.43. The number of halogens is 1. The molecule has 0 saturated carbocycles. The van der Waals surface area contributed by atoms with Gasteiger partial charge in [0.2, 0.25) is 0 Å². The highest BCUT2D eigenvalue weighted by molar-refractivity contribution is 5.30. The van der Waals surface area contributed by atoms with Gasteiger partial charge in [0.05, 0.1) is 6.61 Å². The topological polar surface area (TPSA) is 44.5 Å². The Labute approximate surface area is 120 Å². The lowest BCUT2D eigenvalue weighted by molar-refractivity contribution is 0.0497. The Morgan fingerprint density at radius 1 is 1.35 bits per heavy atom. The van der Waals surface area contributed by atoms with E-state index in [0.29, 0.717) is 24.7 Å². The molecule has 0 spiro atoms. The lowest BCUT2D eigenvalue weighted by Crippen LogP contribution is -2.22. The molecule has 2 rings (SSSR count). The summed E-state index contributed by atoms with van der Waals surface area (Å²) in [4.78, 5) is 0. The van der Waals surface area contributed by atoms with Crippen LogP contribution < -0.4 is 10.5 Å². The Bertz CT molecular complexity index is 419. The van der Waals surface area contributed by atoms with Crippen LogP contribution >= 0.6 is 0 Å². The van der Waals surface area contributed by atoms with Crippen LogP contribution in [-0.2, 0) is 11.2 Å². The third kappa shape index (κ3) is 4.76. The largest absolute Gasteiger partial charge is 0.493 e. The average molecular weight is 281 g/mol. The third-order valence-corrected chi connectivity index (χ3v) is 3.78. The molecule has 4 heteroatoms. The molecule has 1 aromatic carbocycles. The smallest absolute Gasteiger partial charge is 0.127 e. The van der Waals surface area contributed by atoms with Gasteiger partial charge < -0.3 is 15.2 Å². The molecule has 1 aromatic rings. The van der Waals surface area contributed by atoms with Gasteiger partial charge >= 0.3 is 0 Å². The fraction of sp³-hybridized carbons (Fsp3) is 0.625.